The molecule has 2 aromatic heterocycles. The third kappa shape index (κ3) is 4.46. The number of H-pyrrole nitrogens is 1. The molecule has 0 bridgehead atoms. The lowest BCUT2D eigenvalue weighted by molar-refractivity contribution is -0.274. The molecule has 0 atom stereocenters. The summed E-state index contributed by atoms with van der Waals surface area (Å²) in [4.78, 5) is 22.2. The van der Waals surface area contributed by atoms with Crippen molar-refractivity contribution in [2.45, 2.75) is 38.0 Å². The van der Waals surface area contributed by atoms with E-state index in [1.54, 1.807) is 4.90 Å². The largest absolute Gasteiger partial charge is 0.573 e. The van der Waals surface area contributed by atoms with Gasteiger partial charge in [0.15, 0.2) is 0 Å². The summed E-state index contributed by atoms with van der Waals surface area (Å²) in [5.41, 5.74) is 3.90. The number of carbonyl (C=O) groups excluding carboxylic acids is 1. The van der Waals surface area contributed by atoms with Crippen LogP contribution in [0.15, 0.2) is 30.5 Å². The fourth-order valence-corrected chi connectivity index (χ4v) is 5.06. The summed E-state index contributed by atoms with van der Waals surface area (Å²) in [7, 11) is 0. The number of likely N-dealkylation sites (tertiary alicyclic amines) is 1. The molecular weight excluding hydrogens is 452 g/mol. The van der Waals surface area contributed by atoms with Gasteiger partial charge in [0, 0.05) is 48.3 Å². The first-order chi connectivity index (χ1) is 16.3. The maximum atomic E-state index is 15.1. The first-order valence-corrected chi connectivity index (χ1v) is 11.3. The highest BCUT2D eigenvalue weighted by atomic mass is 19.4. The van der Waals surface area contributed by atoms with Crippen LogP contribution in [-0.4, -0.2) is 53.3 Å². The molecule has 0 radical (unpaired) electrons. The highest BCUT2D eigenvalue weighted by Crippen LogP contribution is 2.38. The number of fused-ring (bicyclic) bond motifs is 3. The van der Waals surface area contributed by atoms with Crippen LogP contribution in [0.4, 0.5) is 17.6 Å². The topological polar surface area (TPSA) is 70.2 Å². The number of halogens is 4. The molecule has 10 heteroatoms. The number of rotatable bonds is 3. The summed E-state index contributed by atoms with van der Waals surface area (Å²) in [6.07, 6.45) is -0.681. The van der Waals surface area contributed by atoms with Gasteiger partial charge in [0.1, 0.15) is 17.2 Å². The lowest BCUT2D eigenvalue weighted by Crippen LogP contribution is -2.38. The van der Waals surface area contributed by atoms with Gasteiger partial charge in [-0.2, -0.15) is 0 Å². The van der Waals surface area contributed by atoms with E-state index in [0.717, 1.165) is 54.7 Å². The summed E-state index contributed by atoms with van der Waals surface area (Å²) in [6, 6.07) is 4.90. The summed E-state index contributed by atoms with van der Waals surface area (Å²) in [5, 5.41) is 4.24. The number of ether oxygens (including phenoxy) is 1. The lowest BCUT2D eigenvalue weighted by Gasteiger charge is -2.33. The second-order valence-corrected chi connectivity index (χ2v) is 8.71. The second kappa shape index (κ2) is 8.90. The number of nitrogens with zero attached hydrogens (tertiary/aromatic N) is 2. The van der Waals surface area contributed by atoms with Crippen LogP contribution in [0.1, 0.15) is 45.9 Å². The minimum atomic E-state index is -4.78. The van der Waals surface area contributed by atoms with E-state index in [1.807, 2.05) is 0 Å². The molecule has 6 nitrogen and oxygen atoms in total. The Labute approximate surface area is 193 Å². The van der Waals surface area contributed by atoms with Crippen molar-refractivity contribution in [2.75, 3.05) is 26.2 Å². The van der Waals surface area contributed by atoms with Crippen molar-refractivity contribution in [2.24, 2.45) is 0 Å². The number of carbonyl (C=O) groups is 1. The van der Waals surface area contributed by atoms with Crippen LogP contribution in [0, 0.1) is 5.82 Å². The van der Waals surface area contributed by atoms with Crippen LogP contribution in [-0.2, 0) is 12.8 Å². The van der Waals surface area contributed by atoms with E-state index in [9.17, 15) is 18.0 Å². The molecular formula is C24H24F4N4O2. The van der Waals surface area contributed by atoms with Crippen LogP contribution >= 0.6 is 0 Å². The van der Waals surface area contributed by atoms with Gasteiger partial charge in [-0.3, -0.25) is 4.79 Å². The van der Waals surface area contributed by atoms with Crippen molar-refractivity contribution in [1.82, 2.24) is 20.2 Å². The molecule has 3 aromatic rings. The van der Waals surface area contributed by atoms with Gasteiger partial charge in [-0.15, -0.1) is 13.2 Å². The Morgan fingerprint density at radius 1 is 1.09 bits per heavy atom. The predicted octanol–water partition coefficient (Wildman–Crippen LogP) is 4.31. The Morgan fingerprint density at radius 3 is 2.50 bits per heavy atom. The SMILES string of the molecule is O=C(c1ccc(OC(F)(F)F)cc1)N1CCC(c2c(F)cnc3[nH]c4c(c23)CCNCC4)CC1. The van der Waals surface area contributed by atoms with E-state index in [0.29, 0.717) is 37.1 Å². The minimum absolute atomic E-state index is 0.0479. The highest BCUT2D eigenvalue weighted by molar-refractivity contribution is 5.94. The molecule has 1 saturated heterocycles. The van der Waals surface area contributed by atoms with E-state index >= 15 is 4.39 Å². The van der Waals surface area contributed by atoms with Crippen molar-refractivity contribution in [1.29, 1.82) is 0 Å². The van der Waals surface area contributed by atoms with Gasteiger partial charge in [0.25, 0.3) is 5.91 Å². The maximum absolute atomic E-state index is 15.1. The molecule has 1 aromatic carbocycles. The summed E-state index contributed by atoms with van der Waals surface area (Å²) in [6.45, 7) is 2.56. The van der Waals surface area contributed by atoms with E-state index in [2.05, 4.69) is 20.0 Å². The van der Waals surface area contributed by atoms with E-state index in [4.69, 9.17) is 0 Å². The number of aromatic amines is 1. The molecule has 0 spiro atoms. The number of alkyl halides is 3. The Hall–Kier alpha value is -3.14. The van der Waals surface area contributed by atoms with Crippen LogP contribution in [0.5, 0.6) is 5.75 Å². The number of piperidine rings is 1. The number of hydrogen-bond acceptors (Lipinski definition) is 4. The zero-order valence-corrected chi connectivity index (χ0v) is 18.3. The van der Waals surface area contributed by atoms with E-state index in [1.165, 1.54) is 18.3 Å². The molecule has 1 amide bonds. The van der Waals surface area contributed by atoms with Gasteiger partial charge in [0.05, 0.1) is 6.20 Å². The number of pyridine rings is 1. The summed E-state index contributed by atoms with van der Waals surface area (Å²) >= 11 is 0. The van der Waals surface area contributed by atoms with Gasteiger partial charge in [-0.25, -0.2) is 9.37 Å². The molecule has 180 valence electrons. The average molecular weight is 476 g/mol. The fraction of sp³-hybridized carbons (Fsp3) is 0.417. The standard InChI is InChI=1S/C24H24F4N4O2/c25-18-13-30-22-21(17-5-9-29-10-6-19(17)31-22)20(18)14-7-11-32(12-8-14)23(33)15-1-3-16(4-2-15)34-24(26,27)28/h1-4,13-14,29H,5-12H2,(H,30,31). The van der Waals surface area contributed by atoms with Crippen molar-refractivity contribution in [3.63, 3.8) is 0 Å². The van der Waals surface area contributed by atoms with Gasteiger partial charge in [-0.1, -0.05) is 0 Å². The third-order valence-electron chi connectivity index (χ3n) is 6.63. The molecule has 4 heterocycles. The van der Waals surface area contributed by atoms with Gasteiger partial charge >= 0.3 is 6.36 Å². The van der Waals surface area contributed by atoms with Crippen LogP contribution in [0.3, 0.4) is 0 Å². The minimum Gasteiger partial charge on any atom is -0.406 e. The fourth-order valence-electron chi connectivity index (χ4n) is 5.06. The Morgan fingerprint density at radius 2 is 1.79 bits per heavy atom. The van der Waals surface area contributed by atoms with Gasteiger partial charge in [0.2, 0.25) is 0 Å². The summed E-state index contributed by atoms with van der Waals surface area (Å²) < 4.78 is 56.0. The Bertz CT molecular complexity index is 1200. The molecule has 1 fully saturated rings. The monoisotopic (exact) mass is 476 g/mol. The van der Waals surface area contributed by atoms with Gasteiger partial charge in [-0.05, 0) is 61.6 Å². The molecule has 5 rings (SSSR count). The van der Waals surface area contributed by atoms with Crippen LogP contribution in [0.25, 0.3) is 11.0 Å². The Kier molecular flexibility index (Phi) is 5.93. The zero-order chi connectivity index (χ0) is 23.9. The normalized spacial score (nSPS) is 17.5. The lowest BCUT2D eigenvalue weighted by atomic mass is 9.86. The number of aromatic nitrogens is 2. The molecule has 2 aliphatic rings. The average Bonchev–Trinajstić information content (AvgIpc) is 2.99. The number of hydrogen-bond donors (Lipinski definition) is 2. The van der Waals surface area contributed by atoms with Crippen molar-refractivity contribution < 1.29 is 27.1 Å². The zero-order valence-electron chi connectivity index (χ0n) is 18.3. The smallest absolute Gasteiger partial charge is 0.406 e. The maximum Gasteiger partial charge on any atom is 0.573 e. The van der Waals surface area contributed by atoms with Crippen LogP contribution < -0.4 is 10.1 Å². The molecule has 0 unspecified atom stereocenters. The molecule has 2 aliphatic heterocycles. The van der Waals surface area contributed by atoms with Crippen molar-refractivity contribution >= 4 is 16.9 Å². The van der Waals surface area contributed by atoms with Crippen molar-refractivity contribution in [3.05, 3.63) is 58.7 Å². The molecule has 34 heavy (non-hydrogen) atoms. The highest BCUT2D eigenvalue weighted by Gasteiger charge is 2.32. The van der Waals surface area contributed by atoms with Crippen molar-refractivity contribution in [3.8, 4) is 5.75 Å². The Balaban J connectivity index is 1.32. The molecule has 0 saturated carbocycles. The quantitative estimate of drug-likeness (QED) is 0.553. The molecule has 2 N–H and O–H groups in total. The van der Waals surface area contributed by atoms with E-state index in [-0.39, 0.29) is 29.0 Å². The first kappa shape index (κ1) is 22.6. The van der Waals surface area contributed by atoms with Gasteiger partial charge < -0.3 is 19.9 Å². The second-order valence-electron chi connectivity index (χ2n) is 8.71. The summed E-state index contributed by atoms with van der Waals surface area (Å²) in [5.74, 6) is -1.01. The van der Waals surface area contributed by atoms with E-state index < -0.39 is 6.36 Å². The van der Waals surface area contributed by atoms with Crippen LogP contribution in [0.2, 0.25) is 0 Å². The number of nitrogens with one attached hydrogen (secondary N) is 2. The molecule has 0 aliphatic carbocycles. The number of benzene rings is 1. The predicted molar refractivity (Wildman–Crippen MR) is 117 cm³/mol. The first-order valence-electron chi connectivity index (χ1n) is 11.3. The third-order valence-corrected chi connectivity index (χ3v) is 6.63. The number of amides is 1.